The van der Waals surface area contributed by atoms with Crippen molar-refractivity contribution in [2.75, 3.05) is 24.0 Å². The van der Waals surface area contributed by atoms with Crippen LogP contribution in [0, 0.1) is 19.7 Å². The minimum atomic E-state index is -4.16. The van der Waals surface area contributed by atoms with Gasteiger partial charge in [-0.25, -0.2) is 12.8 Å². The maximum Gasteiger partial charge on any atom is 0.264 e. The molecular formula is C24H25FN2O4S. The third kappa shape index (κ3) is 5.85. The first-order valence-corrected chi connectivity index (χ1v) is 11.5. The van der Waals surface area contributed by atoms with Crippen molar-refractivity contribution in [2.45, 2.75) is 18.7 Å². The number of carbonyl (C=O) groups excluding carboxylic acids is 1. The zero-order valence-corrected chi connectivity index (χ0v) is 18.7. The van der Waals surface area contributed by atoms with Gasteiger partial charge in [0, 0.05) is 0 Å². The van der Waals surface area contributed by atoms with E-state index in [1.54, 1.807) is 12.1 Å². The zero-order chi connectivity index (χ0) is 23.1. The summed E-state index contributed by atoms with van der Waals surface area (Å²) in [6, 6.07) is 19.1. The number of anilines is 1. The summed E-state index contributed by atoms with van der Waals surface area (Å²) >= 11 is 0. The van der Waals surface area contributed by atoms with Crippen LogP contribution in [0.3, 0.4) is 0 Å². The molecule has 0 aliphatic carbocycles. The van der Waals surface area contributed by atoms with E-state index in [4.69, 9.17) is 4.74 Å². The van der Waals surface area contributed by atoms with E-state index in [2.05, 4.69) is 5.32 Å². The standard InChI is InChI=1S/C24H25FN2O4S/c1-18-7-11-20(12-8-18)31-16-15-26-24(28)17-27(23-6-4-3-5-22(23)25)32(29,30)21-13-9-19(2)10-14-21/h3-14H,15-17H2,1-2H3,(H,26,28). The fourth-order valence-corrected chi connectivity index (χ4v) is 4.40. The predicted molar refractivity (Wildman–Crippen MR) is 122 cm³/mol. The van der Waals surface area contributed by atoms with E-state index in [9.17, 15) is 17.6 Å². The molecule has 0 heterocycles. The van der Waals surface area contributed by atoms with Gasteiger partial charge in [-0.2, -0.15) is 0 Å². The van der Waals surface area contributed by atoms with E-state index in [1.165, 1.54) is 30.3 Å². The summed E-state index contributed by atoms with van der Waals surface area (Å²) in [5.41, 5.74) is 1.79. The molecule has 8 heteroatoms. The third-order valence-corrected chi connectivity index (χ3v) is 6.51. The smallest absolute Gasteiger partial charge is 0.264 e. The summed E-state index contributed by atoms with van der Waals surface area (Å²) < 4.78 is 47.3. The number of ether oxygens (including phenoxy) is 1. The maximum absolute atomic E-state index is 14.5. The molecule has 0 bridgehead atoms. The SMILES string of the molecule is Cc1ccc(OCCNC(=O)CN(c2ccccc2F)S(=O)(=O)c2ccc(C)cc2)cc1. The van der Waals surface area contributed by atoms with Crippen molar-refractivity contribution in [1.29, 1.82) is 0 Å². The van der Waals surface area contributed by atoms with Crippen LogP contribution >= 0.6 is 0 Å². The molecule has 0 aromatic heterocycles. The Kier molecular flexibility index (Phi) is 7.48. The van der Waals surface area contributed by atoms with Gasteiger partial charge < -0.3 is 10.1 Å². The summed E-state index contributed by atoms with van der Waals surface area (Å²) in [6.45, 7) is 3.61. The number of benzene rings is 3. The molecule has 3 aromatic rings. The molecule has 0 spiro atoms. The molecule has 3 rings (SSSR count). The minimum Gasteiger partial charge on any atom is -0.492 e. The molecule has 1 N–H and O–H groups in total. The number of nitrogens with one attached hydrogen (secondary N) is 1. The largest absolute Gasteiger partial charge is 0.492 e. The van der Waals surface area contributed by atoms with Crippen molar-refractivity contribution in [2.24, 2.45) is 0 Å². The average molecular weight is 457 g/mol. The first kappa shape index (κ1) is 23.3. The van der Waals surface area contributed by atoms with Gasteiger partial charge in [-0.05, 0) is 50.2 Å². The summed E-state index contributed by atoms with van der Waals surface area (Å²) in [5, 5.41) is 2.62. The second kappa shape index (κ2) is 10.3. The van der Waals surface area contributed by atoms with Gasteiger partial charge in [0.05, 0.1) is 17.1 Å². The van der Waals surface area contributed by atoms with E-state index in [0.29, 0.717) is 5.75 Å². The van der Waals surface area contributed by atoms with Crippen LogP contribution in [-0.2, 0) is 14.8 Å². The predicted octanol–water partition coefficient (Wildman–Crippen LogP) is 3.83. The van der Waals surface area contributed by atoms with Crippen molar-refractivity contribution in [3.63, 3.8) is 0 Å². The van der Waals surface area contributed by atoms with E-state index in [1.807, 2.05) is 38.1 Å². The molecule has 168 valence electrons. The Bertz CT molecular complexity index is 1160. The van der Waals surface area contributed by atoms with Gasteiger partial charge in [0.25, 0.3) is 10.0 Å². The lowest BCUT2D eigenvalue weighted by Gasteiger charge is -2.24. The van der Waals surface area contributed by atoms with Crippen LogP contribution in [0.1, 0.15) is 11.1 Å². The van der Waals surface area contributed by atoms with Crippen molar-refractivity contribution in [3.05, 3.63) is 89.7 Å². The number of sulfonamides is 1. The van der Waals surface area contributed by atoms with E-state index >= 15 is 0 Å². The molecular weight excluding hydrogens is 431 g/mol. The average Bonchev–Trinajstić information content (AvgIpc) is 2.77. The number of halogens is 1. The van der Waals surface area contributed by atoms with Crippen LogP contribution in [0.5, 0.6) is 5.75 Å². The van der Waals surface area contributed by atoms with E-state index in [-0.39, 0.29) is 23.7 Å². The Morgan fingerprint density at radius 1 is 0.938 bits per heavy atom. The highest BCUT2D eigenvalue weighted by Gasteiger charge is 2.29. The Labute approximate surface area is 187 Å². The second-order valence-electron chi connectivity index (χ2n) is 7.29. The highest BCUT2D eigenvalue weighted by molar-refractivity contribution is 7.92. The van der Waals surface area contributed by atoms with Crippen LogP contribution in [0.25, 0.3) is 0 Å². The molecule has 0 atom stereocenters. The fourth-order valence-electron chi connectivity index (χ4n) is 2.97. The Balaban J connectivity index is 1.71. The molecule has 0 saturated heterocycles. The molecule has 0 aliphatic heterocycles. The number of aryl methyl sites for hydroxylation is 2. The molecule has 3 aromatic carbocycles. The summed E-state index contributed by atoms with van der Waals surface area (Å²) in [4.78, 5) is 12.5. The van der Waals surface area contributed by atoms with Gasteiger partial charge in [0.1, 0.15) is 24.7 Å². The highest BCUT2D eigenvalue weighted by atomic mass is 32.2. The van der Waals surface area contributed by atoms with Gasteiger partial charge in [-0.3, -0.25) is 9.10 Å². The van der Waals surface area contributed by atoms with Crippen LogP contribution < -0.4 is 14.4 Å². The van der Waals surface area contributed by atoms with Crippen LogP contribution in [0.4, 0.5) is 10.1 Å². The first-order valence-electron chi connectivity index (χ1n) is 10.1. The van der Waals surface area contributed by atoms with Gasteiger partial charge >= 0.3 is 0 Å². The lowest BCUT2D eigenvalue weighted by atomic mass is 10.2. The number of rotatable bonds is 9. The first-order chi connectivity index (χ1) is 15.3. The van der Waals surface area contributed by atoms with Gasteiger partial charge in [-0.1, -0.05) is 47.5 Å². The van der Waals surface area contributed by atoms with Crippen molar-refractivity contribution < 1.29 is 22.3 Å². The molecule has 0 unspecified atom stereocenters. The molecule has 32 heavy (non-hydrogen) atoms. The van der Waals surface area contributed by atoms with Crippen molar-refractivity contribution >= 4 is 21.6 Å². The Morgan fingerprint density at radius 2 is 1.53 bits per heavy atom. The Hall–Kier alpha value is -3.39. The zero-order valence-electron chi connectivity index (χ0n) is 17.9. The topological polar surface area (TPSA) is 75.7 Å². The van der Waals surface area contributed by atoms with E-state index in [0.717, 1.165) is 21.5 Å². The number of amides is 1. The molecule has 0 aliphatic rings. The molecule has 0 radical (unpaired) electrons. The van der Waals surface area contributed by atoms with Gasteiger partial charge in [0.2, 0.25) is 5.91 Å². The number of hydrogen-bond acceptors (Lipinski definition) is 4. The quantitative estimate of drug-likeness (QED) is 0.497. The minimum absolute atomic E-state index is 0.0261. The van der Waals surface area contributed by atoms with E-state index < -0.39 is 28.3 Å². The highest BCUT2D eigenvalue weighted by Crippen LogP contribution is 2.26. The monoisotopic (exact) mass is 456 g/mol. The van der Waals surface area contributed by atoms with Crippen LogP contribution in [-0.4, -0.2) is 34.0 Å². The summed E-state index contributed by atoms with van der Waals surface area (Å²) in [6.07, 6.45) is 0. The van der Waals surface area contributed by atoms with Gasteiger partial charge in [-0.15, -0.1) is 0 Å². The number of hydrogen-bond donors (Lipinski definition) is 1. The van der Waals surface area contributed by atoms with Crippen molar-refractivity contribution in [3.8, 4) is 5.75 Å². The number of para-hydroxylation sites is 1. The summed E-state index contributed by atoms with van der Waals surface area (Å²) in [5.74, 6) is -0.644. The van der Waals surface area contributed by atoms with Crippen LogP contribution in [0.15, 0.2) is 77.7 Å². The van der Waals surface area contributed by atoms with Gasteiger partial charge in [0.15, 0.2) is 0 Å². The fraction of sp³-hybridized carbons (Fsp3) is 0.208. The van der Waals surface area contributed by atoms with Crippen molar-refractivity contribution in [1.82, 2.24) is 5.32 Å². The lowest BCUT2D eigenvalue weighted by molar-refractivity contribution is -0.119. The number of carbonyl (C=O) groups is 1. The molecule has 0 fully saturated rings. The van der Waals surface area contributed by atoms with Crippen LogP contribution in [0.2, 0.25) is 0 Å². The molecule has 0 saturated carbocycles. The summed E-state index contributed by atoms with van der Waals surface area (Å²) in [7, 11) is -4.16. The number of nitrogens with zero attached hydrogens (tertiary/aromatic N) is 1. The maximum atomic E-state index is 14.5. The molecule has 6 nitrogen and oxygen atoms in total. The third-order valence-electron chi connectivity index (χ3n) is 4.73. The molecule has 1 amide bonds. The Morgan fingerprint density at radius 3 is 2.16 bits per heavy atom. The lowest BCUT2D eigenvalue weighted by Crippen LogP contribution is -2.42. The normalized spacial score (nSPS) is 11.1. The second-order valence-corrected chi connectivity index (χ2v) is 9.15.